The van der Waals surface area contributed by atoms with E-state index in [1.165, 1.54) is 0 Å². The fourth-order valence-electron chi connectivity index (χ4n) is 0.784. The molecular weight excluding hydrogens is 407 g/mol. The Bertz CT molecular complexity index is 547. The van der Waals surface area contributed by atoms with Gasteiger partial charge >= 0.3 is 84.3 Å². The quantitative estimate of drug-likeness (QED) is 0.268. The van der Waals surface area contributed by atoms with Crippen molar-refractivity contribution in [3.8, 4) is 0 Å². The first-order valence-electron chi connectivity index (χ1n) is 6.34. The zero-order chi connectivity index (χ0) is 20.8. The zero-order valence-corrected chi connectivity index (χ0v) is 18.6. The van der Waals surface area contributed by atoms with Crippen LogP contribution in [0.25, 0.3) is 0 Å². The summed E-state index contributed by atoms with van der Waals surface area (Å²) < 4.78 is 18.5. The second-order valence-corrected chi connectivity index (χ2v) is 5.34. The van der Waals surface area contributed by atoms with Gasteiger partial charge in [-0.25, -0.2) is 19.2 Å². The van der Waals surface area contributed by atoms with E-state index in [2.05, 4.69) is 50.6 Å². The van der Waals surface area contributed by atoms with Crippen molar-refractivity contribution in [3.05, 3.63) is 63.3 Å². The largest absolute Gasteiger partial charge is 1.00 e. The van der Waals surface area contributed by atoms with Crippen molar-refractivity contribution >= 4 is 38.9 Å². The standard InChI is InChI=1S/C12H12O8Si.C3H4O2.K/c1-5-9(13)17-21(18-10(14)6-2,19-11(15)7-3)20-12(16)8-4;1-2-3(4)5;/h5-8H,1-4H2;2H,1H2,(H,4,5);/q;;+1/p-1. The van der Waals surface area contributed by atoms with Crippen molar-refractivity contribution < 1.29 is 98.2 Å². The van der Waals surface area contributed by atoms with Gasteiger partial charge < -0.3 is 27.6 Å². The average Bonchev–Trinajstić information content (AvgIpc) is 2.61. The molecule has 0 amide bonds. The molecule has 0 aromatic carbocycles. The van der Waals surface area contributed by atoms with Crippen LogP contribution in [0.2, 0.25) is 0 Å². The third kappa shape index (κ3) is 14.7. The van der Waals surface area contributed by atoms with Crippen LogP contribution in [-0.2, 0) is 41.7 Å². The van der Waals surface area contributed by atoms with E-state index in [0.717, 1.165) is 6.08 Å². The normalized spacial score (nSPS) is 8.59. The molecule has 0 saturated carbocycles. The number of rotatable bonds is 9. The molecule has 0 aromatic heterocycles. The number of hydrogen-bond acceptors (Lipinski definition) is 10. The summed E-state index contributed by atoms with van der Waals surface area (Å²) in [6.07, 6.45) is 3.47. The van der Waals surface area contributed by atoms with Crippen LogP contribution in [0.1, 0.15) is 0 Å². The fourth-order valence-corrected chi connectivity index (χ4v) is 2.35. The molecule has 0 rings (SSSR count). The minimum atomic E-state index is -4.81. The summed E-state index contributed by atoms with van der Waals surface area (Å²) in [6, 6.07) is 0. The van der Waals surface area contributed by atoms with Gasteiger partial charge in [-0.2, -0.15) is 0 Å². The molecule has 0 aliphatic carbocycles. The Morgan fingerprint density at radius 3 is 0.889 bits per heavy atom. The van der Waals surface area contributed by atoms with Crippen LogP contribution in [0.5, 0.6) is 0 Å². The Morgan fingerprint density at radius 2 is 0.778 bits per heavy atom. The molecule has 10 nitrogen and oxygen atoms in total. The molecule has 0 aliphatic rings. The van der Waals surface area contributed by atoms with Crippen LogP contribution >= 0.6 is 0 Å². The fraction of sp³-hybridized carbons (Fsp3) is 0. The summed E-state index contributed by atoms with van der Waals surface area (Å²) in [6.45, 7) is 15.3. The number of carbonyl (C=O) groups is 5. The van der Waals surface area contributed by atoms with Crippen molar-refractivity contribution in [2.24, 2.45) is 0 Å². The van der Waals surface area contributed by atoms with Crippen molar-refractivity contribution in [2.45, 2.75) is 0 Å². The third-order valence-corrected chi connectivity index (χ3v) is 3.54. The predicted molar refractivity (Wildman–Crippen MR) is 86.1 cm³/mol. The van der Waals surface area contributed by atoms with E-state index in [1.807, 2.05) is 0 Å². The van der Waals surface area contributed by atoms with Gasteiger partial charge in [0, 0.05) is 24.3 Å². The van der Waals surface area contributed by atoms with Gasteiger partial charge in [0.15, 0.2) is 0 Å². The van der Waals surface area contributed by atoms with Crippen LogP contribution in [0.15, 0.2) is 63.3 Å². The molecule has 0 aliphatic heterocycles. The molecule has 0 heterocycles. The summed E-state index contributed by atoms with van der Waals surface area (Å²) in [5.74, 6) is -5.82. The zero-order valence-electron chi connectivity index (χ0n) is 14.5. The first-order valence-corrected chi connectivity index (χ1v) is 7.98. The minimum Gasteiger partial charge on any atom is -0.545 e. The Hall–Kier alpha value is -2.10. The number of aliphatic carboxylic acids is 1. The molecule has 140 valence electrons. The van der Waals surface area contributed by atoms with Gasteiger partial charge in [0.05, 0.1) is 5.97 Å². The van der Waals surface area contributed by atoms with Crippen molar-refractivity contribution in [3.63, 3.8) is 0 Å². The first-order chi connectivity index (χ1) is 12.1. The van der Waals surface area contributed by atoms with Crippen LogP contribution in [-0.4, -0.2) is 38.9 Å². The van der Waals surface area contributed by atoms with Gasteiger partial charge in [-0.15, -0.1) is 0 Å². The number of hydrogen-bond donors (Lipinski definition) is 0. The van der Waals surface area contributed by atoms with Crippen molar-refractivity contribution in [1.82, 2.24) is 0 Å². The van der Waals surface area contributed by atoms with E-state index in [4.69, 9.17) is 9.90 Å². The maximum atomic E-state index is 11.3. The third-order valence-electron chi connectivity index (χ3n) is 1.74. The van der Waals surface area contributed by atoms with E-state index >= 15 is 0 Å². The van der Waals surface area contributed by atoms with E-state index in [-0.39, 0.29) is 51.4 Å². The molecule has 0 spiro atoms. The first kappa shape index (κ1) is 29.7. The second kappa shape index (κ2) is 16.1. The topological polar surface area (TPSA) is 145 Å². The molecule has 0 fully saturated rings. The number of carboxylic acid groups (broad SMARTS) is 1. The average molecular weight is 422 g/mol. The van der Waals surface area contributed by atoms with Gasteiger partial charge in [0.2, 0.25) is 0 Å². The maximum Gasteiger partial charge on any atom is 1.00 e. The Labute approximate surface area is 198 Å². The summed E-state index contributed by atoms with van der Waals surface area (Å²) in [5, 5.41) is 9.14. The molecule has 0 atom stereocenters. The van der Waals surface area contributed by atoms with Crippen molar-refractivity contribution in [1.29, 1.82) is 0 Å². The maximum absolute atomic E-state index is 11.3. The van der Waals surface area contributed by atoms with Crippen LogP contribution in [0, 0.1) is 0 Å². The molecule has 0 aromatic rings. The molecule has 0 unspecified atom stereocenters. The smallest absolute Gasteiger partial charge is 0.545 e. The minimum absolute atomic E-state index is 0. The molecule has 27 heavy (non-hydrogen) atoms. The van der Waals surface area contributed by atoms with E-state index in [1.54, 1.807) is 0 Å². The Kier molecular flexibility index (Phi) is 17.7. The predicted octanol–water partition coefficient (Wildman–Crippen LogP) is -3.73. The van der Waals surface area contributed by atoms with E-state index < -0.39 is 38.9 Å². The summed E-state index contributed by atoms with van der Waals surface area (Å²) in [5.41, 5.74) is 0. The van der Waals surface area contributed by atoms with E-state index in [0.29, 0.717) is 24.3 Å². The molecule has 0 saturated heterocycles. The van der Waals surface area contributed by atoms with Crippen LogP contribution < -0.4 is 56.5 Å². The molecule has 0 N–H and O–H groups in total. The summed E-state index contributed by atoms with van der Waals surface area (Å²) in [7, 11) is -4.81. The second-order valence-electron chi connectivity index (χ2n) is 3.52. The van der Waals surface area contributed by atoms with Crippen LogP contribution in [0.3, 0.4) is 0 Å². The summed E-state index contributed by atoms with van der Waals surface area (Å²) >= 11 is 0. The van der Waals surface area contributed by atoms with Gasteiger partial charge in [0.25, 0.3) is 0 Å². The Morgan fingerprint density at radius 1 is 0.593 bits per heavy atom. The molecule has 12 heteroatoms. The summed E-state index contributed by atoms with van der Waals surface area (Å²) in [4.78, 5) is 54.3. The number of carbonyl (C=O) groups excluding carboxylic acids is 5. The molecule has 0 radical (unpaired) electrons. The van der Waals surface area contributed by atoms with Crippen LogP contribution in [0.4, 0.5) is 0 Å². The van der Waals surface area contributed by atoms with Crippen molar-refractivity contribution in [2.75, 3.05) is 0 Å². The van der Waals surface area contributed by atoms with Gasteiger partial charge in [-0.3, -0.25) is 0 Å². The number of carboxylic acids is 1. The van der Waals surface area contributed by atoms with Gasteiger partial charge in [-0.05, 0) is 6.08 Å². The molecular formula is C15H15KO10Si. The Balaban J connectivity index is -0.000000844. The SMILES string of the molecule is C=CC(=O)O[Si](OC(=O)C=C)(OC(=O)C=C)OC(=O)C=C.C=CC(=O)[O-].[K+]. The monoisotopic (exact) mass is 422 g/mol. The van der Waals surface area contributed by atoms with Gasteiger partial charge in [-0.1, -0.05) is 32.9 Å². The van der Waals surface area contributed by atoms with E-state index in [9.17, 15) is 19.2 Å². The molecule has 0 bridgehead atoms. The van der Waals surface area contributed by atoms with Gasteiger partial charge in [0.1, 0.15) is 0 Å².